The van der Waals surface area contributed by atoms with E-state index in [9.17, 15) is 0 Å². The molecule has 2 unspecified atom stereocenters. The van der Waals surface area contributed by atoms with E-state index in [0.717, 1.165) is 31.7 Å². The van der Waals surface area contributed by atoms with Gasteiger partial charge in [-0.25, -0.2) is 0 Å². The van der Waals surface area contributed by atoms with E-state index in [4.69, 9.17) is 14.2 Å². The molecule has 0 aromatic carbocycles. The van der Waals surface area contributed by atoms with Crippen molar-refractivity contribution in [1.82, 2.24) is 15.5 Å². The molecule has 5 nitrogen and oxygen atoms in total. The van der Waals surface area contributed by atoms with Gasteiger partial charge in [0.15, 0.2) is 0 Å². The molecule has 0 radical (unpaired) electrons. The van der Waals surface area contributed by atoms with Crippen molar-refractivity contribution in [3.8, 4) is 0 Å². The van der Waals surface area contributed by atoms with Gasteiger partial charge in [-0.15, -0.1) is 0 Å². The molecule has 1 saturated carbocycles. The Morgan fingerprint density at radius 1 is 1.24 bits per heavy atom. The third-order valence-electron chi connectivity index (χ3n) is 4.71. The van der Waals surface area contributed by atoms with E-state index in [1.54, 1.807) is 0 Å². The summed E-state index contributed by atoms with van der Waals surface area (Å²) in [5.74, 6) is 1.84. The molecule has 0 bridgehead atoms. The molecule has 2 rings (SSSR count). The smallest absolute Gasteiger partial charge is 0.231 e. The highest BCUT2D eigenvalue weighted by atomic mass is 16.5. The Morgan fingerprint density at radius 2 is 2.00 bits per heavy atom. The predicted molar refractivity (Wildman–Crippen MR) is 82.2 cm³/mol. The summed E-state index contributed by atoms with van der Waals surface area (Å²) in [4.78, 5) is 4.71. The van der Waals surface area contributed by atoms with Crippen LogP contribution in [0.25, 0.3) is 0 Å². The summed E-state index contributed by atoms with van der Waals surface area (Å²) in [7, 11) is 0. The highest BCUT2D eigenvalue weighted by molar-refractivity contribution is 5.07. The molecule has 0 spiro atoms. The van der Waals surface area contributed by atoms with Gasteiger partial charge in [-0.3, -0.25) is 0 Å². The Balaban J connectivity index is 2.20. The first-order chi connectivity index (χ1) is 10.2. The van der Waals surface area contributed by atoms with E-state index in [0.29, 0.717) is 24.4 Å². The Labute approximate surface area is 127 Å². The van der Waals surface area contributed by atoms with Gasteiger partial charge in [-0.05, 0) is 39.2 Å². The Bertz CT molecular complexity index is 429. The second kappa shape index (κ2) is 7.36. The van der Waals surface area contributed by atoms with Crippen LogP contribution in [0.2, 0.25) is 0 Å². The van der Waals surface area contributed by atoms with Crippen LogP contribution in [0.3, 0.4) is 0 Å². The highest BCUT2D eigenvalue weighted by Crippen LogP contribution is 2.36. The molecule has 2 atom stereocenters. The molecule has 0 saturated heterocycles. The van der Waals surface area contributed by atoms with E-state index in [-0.39, 0.29) is 0 Å². The zero-order valence-corrected chi connectivity index (χ0v) is 13.8. The molecule has 1 fully saturated rings. The van der Waals surface area contributed by atoms with E-state index in [2.05, 4.69) is 31.2 Å². The van der Waals surface area contributed by atoms with E-state index in [1.807, 2.05) is 6.92 Å². The van der Waals surface area contributed by atoms with Gasteiger partial charge in [0.25, 0.3) is 0 Å². The van der Waals surface area contributed by atoms with Crippen molar-refractivity contribution in [1.29, 1.82) is 0 Å². The molecule has 0 aliphatic heterocycles. The maximum absolute atomic E-state index is 5.96. The van der Waals surface area contributed by atoms with Crippen LogP contribution < -0.4 is 5.32 Å². The average Bonchev–Trinajstić information content (AvgIpc) is 3.14. The number of aromatic nitrogens is 2. The van der Waals surface area contributed by atoms with Gasteiger partial charge in [-0.1, -0.05) is 32.3 Å². The molecule has 1 aromatic heterocycles. The largest absolute Gasteiger partial charge is 0.367 e. The first-order valence-electron chi connectivity index (χ1n) is 8.42. The molecular weight excluding hydrogens is 266 g/mol. The maximum atomic E-state index is 5.96. The third-order valence-corrected chi connectivity index (χ3v) is 4.71. The summed E-state index contributed by atoms with van der Waals surface area (Å²) in [5, 5.41) is 7.78. The molecular formula is C16H29N3O2. The van der Waals surface area contributed by atoms with E-state index in [1.165, 1.54) is 12.8 Å². The third kappa shape index (κ3) is 3.29. The van der Waals surface area contributed by atoms with Crippen LogP contribution in [0.1, 0.15) is 77.4 Å². The van der Waals surface area contributed by atoms with E-state index < -0.39 is 5.60 Å². The van der Waals surface area contributed by atoms with Crippen molar-refractivity contribution in [3.63, 3.8) is 0 Å². The van der Waals surface area contributed by atoms with Crippen molar-refractivity contribution in [2.24, 2.45) is 0 Å². The number of ether oxygens (including phenoxy) is 1. The van der Waals surface area contributed by atoms with Crippen LogP contribution in [0.5, 0.6) is 0 Å². The van der Waals surface area contributed by atoms with Crippen LogP contribution >= 0.6 is 0 Å². The molecule has 0 amide bonds. The number of likely N-dealkylation sites (N-methyl/N-ethyl adjacent to an activating group) is 1. The second-order valence-electron chi connectivity index (χ2n) is 5.79. The highest BCUT2D eigenvalue weighted by Gasteiger charge is 2.37. The summed E-state index contributed by atoms with van der Waals surface area (Å²) >= 11 is 0. The normalized spacial score (nSPS) is 22.9. The lowest BCUT2D eigenvalue weighted by Gasteiger charge is -2.27. The molecule has 1 aliphatic rings. The molecule has 1 aromatic rings. The fourth-order valence-electron chi connectivity index (χ4n) is 3.44. The van der Waals surface area contributed by atoms with Crippen LogP contribution in [0, 0.1) is 0 Å². The molecule has 1 aliphatic carbocycles. The lowest BCUT2D eigenvalue weighted by atomic mass is 9.96. The summed E-state index contributed by atoms with van der Waals surface area (Å²) in [6.07, 6.45) is 5.25. The molecule has 5 heteroatoms. The summed E-state index contributed by atoms with van der Waals surface area (Å²) < 4.78 is 11.6. The molecule has 120 valence electrons. The fraction of sp³-hybridized carbons (Fsp3) is 0.875. The van der Waals surface area contributed by atoms with Gasteiger partial charge < -0.3 is 14.6 Å². The summed E-state index contributed by atoms with van der Waals surface area (Å²) in [5.41, 5.74) is -0.400. The van der Waals surface area contributed by atoms with Crippen molar-refractivity contribution in [2.75, 3.05) is 13.2 Å². The van der Waals surface area contributed by atoms with Gasteiger partial charge >= 0.3 is 0 Å². The van der Waals surface area contributed by atoms with Crippen molar-refractivity contribution in [2.45, 2.75) is 77.4 Å². The standard InChI is InChI=1S/C16H29N3O2/c1-5-16(6-2,20-8-4)15-18-14(21-19-15)12-10-9-11-13(12)17-7-3/h12-13,17H,5-11H2,1-4H3. The first kappa shape index (κ1) is 16.4. The van der Waals surface area contributed by atoms with E-state index >= 15 is 0 Å². The number of nitrogens with zero attached hydrogens (tertiary/aromatic N) is 2. The summed E-state index contributed by atoms with van der Waals surface area (Å²) in [6, 6.07) is 0.466. The Morgan fingerprint density at radius 3 is 2.62 bits per heavy atom. The lowest BCUT2D eigenvalue weighted by Crippen LogP contribution is -2.32. The van der Waals surface area contributed by atoms with Gasteiger partial charge in [-0.2, -0.15) is 4.98 Å². The zero-order valence-electron chi connectivity index (χ0n) is 13.8. The van der Waals surface area contributed by atoms with Crippen LogP contribution in [0.4, 0.5) is 0 Å². The van der Waals surface area contributed by atoms with Gasteiger partial charge in [0, 0.05) is 12.6 Å². The minimum absolute atomic E-state index is 0.347. The monoisotopic (exact) mass is 295 g/mol. The Kier molecular flexibility index (Phi) is 5.76. The quantitative estimate of drug-likeness (QED) is 0.797. The van der Waals surface area contributed by atoms with Gasteiger partial charge in [0.2, 0.25) is 11.7 Å². The Hall–Kier alpha value is -0.940. The predicted octanol–water partition coefficient (Wildman–Crippen LogP) is 3.37. The number of rotatable bonds is 8. The molecule has 1 N–H and O–H groups in total. The van der Waals surface area contributed by atoms with Crippen LogP contribution in [0.15, 0.2) is 4.52 Å². The topological polar surface area (TPSA) is 60.2 Å². The maximum Gasteiger partial charge on any atom is 0.231 e. The zero-order chi connectivity index (χ0) is 15.3. The number of hydrogen-bond acceptors (Lipinski definition) is 5. The minimum Gasteiger partial charge on any atom is -0.367 e. The number of nitrogens with one attached hydrogen (secondary N) is 1. The fourth-order valence-corrected chi connectivity index (χ4v) is 3.44. The average molecular weight is 295 g/mol. The van der Waals surface area contributed by atoms with Gasteiger partial charge in [0.1, 0.15) is 5.60 Å². The second-order valence-corrected chi connectivity index (χ2v) is 5.79. The van der Waals surface area contributed by atoms with Crippen molar-refractivity contribution >= 4 is 0 Å². The van der Waals surface area contributed by atoms with Crippen molar-refractivity contribution in [3.05, 3.63) is 11.7 Å². The van der Waals surface area contributed by atoms with Crippen LogP contribution in [-0.4, -0.2) is 29.3 Å². The van der Waals surface area contributed by atoms with Crippen LogP contribution in [-0.2, 0) is 10.3 Å². The minimum atomic E-state index is -0.400. The molecule has 1 heterocycles. The number of hydrogen-bond donors (Lipinski definition) is 1. The van der Waals surface area contributed by atoms with Gasteiger partial charge in [0.05, 0.1) is 5.92 Å². The molecule has 21 heavy (non-hydrogen) atoms. The summed E-state index contributed by atoms with van der Waals surface area (Å²) in [6.45, 7) is 10.0. The van der Waals surface area contributed by atoms with Crippen molar-refractivity contribution < 1.29 is 9.26 Å². The SMILES string of the molecule is CCNC1CCCC1c1nc(C(CC)(CC)OCC)no1. The lowest BCUT2D eigenvalue weighted by molar-refractivity contribution is -0.0583. The first-order valence-corrected chi connectivity index (χ1v) is 8.42.